The van der Waals surface area contributed by atoms with E-state index in [-0.39, 0.29) is 0 Å². The summed E-state index contributed by atoms with van der Waals surface area (Å²) in [7, 11) is 0. The Balaban J connectivity index is 2.61. The van der Waals surface area contributed by atoms with Gasteiger partial charge in [-0.1, -0.05) is 46.3 Å². The van der Waals surface area contributed by atoms with Crippen LogP contribution in [0.25, 0.3) is 6.08 Å². The Morgan fingerprint density at radius 3 is 2.80 bits per heavy atom. The third-order valence-electron chi connectivity index (χ3n) is 3.49. The van der Waals surface area contributed by atoms with Crippen LogP contribution in [-0.4, -0.2) is 11.0 Å². The third kappa shape index (κ3) is 5.91. The van der Waals surface area contributed by atoms with Gasteiger partial charge in [0.25, 0.3) is 0 Å². The van der Waals surface area contributed by atoms with E-state index in [0.717, 1.165) is 16.0 Å². The first-order valence-electron chi connectivity index (χ1n) is 7.32. The highest BCUT2D eigenvalue weighted by Crippen LogP contribution is 2.15. The third-order valence-corrected chi connectivity index (χ3v) is 3.93. The average Bonchev–Trinajstić information content (AvgIpc) is 2.44. The topological polar surface area (TPSA) is 24.9 Å². The van der Waals surface area contributed by atoms with Crippen LogP contribution in [0.15, 0.2) is 41.2 Å². The van der Waals surface area contributed by atoms with Crippen LogP contribution in [0, 0.1) is 5.92 Å². The normalized spacial score (nSPS) is 14.2. The van der Waals surface area contributed by atoms with Gasteiger partial charge in [-0.3, -0.25) is 0 Å². The number of hydrogen-bond acceptors (Lipinski definition) is 2. The minimum absolute atomic E-state index is 0.498. The van der Waals surface area contributed by atoms with Gasteiger partial charge in [0, 0.05) is 11.7 Å². The molecular weight excluding hydrogens is 312 g/mol. The zero-order valence-corrected chi connectivity index (χ0v) is 14.3. The zero-order valence-electron chi connectivity index (χ0n) is 12.7. The maximum absolute atomic E-state index is 4.37. The highest BCUT2D eigenvalue weighted by atomic mass is 79.9. The molecule has 2 unspecified atom stereocenters. The maximum atomic E-state index is 4.37. The van der Waals surface area contributed by atoms with Crippen molar-refractivity contribution in [1.82, 2.24) is 10.3 Å². The number of halogens is 1. The average molecular weight is 337 g/mol. The second-order valence-electron chi connectivity index (χ2n) is 5.17. The van der Waals surface area contributed by atoms with Crippen LogP contribution >= 0.6 is 15.9 Å². The van der Waals surface area contributed by atoms with Crippen LogP contribution < -0.4 is 5.32 Å². The molecule has 20 heavy (non-hydrogen) atoms. The molecule has 1 N–H and O–H groups in total. The van der Waals surface area contributed by atoms with Crippen molar-refractivity contribution < 1.29 is 0 Å². The van der Waals surface area contributed by atoms with E-state index in [4.69, 9.17) is 0 Å². The van der Waals surface area contributed by atoms with Crippen molar-refractivity contribution in [2.45, 2.75) is 46.1 Å². The van der Waals surface area contributed by atoms with Crippen molar-refractivity contribution in [2.75, 3.05) is 0 Å². The number of pyridine rings is 1. The Hall–Kier alpha value is -1.09. The molecule has 0 aromatic carbocycles. The Bertz CT molecular complexity index is 454. The van der Waals surface area contributed by atoms with Crippen LogP contribution in [0.3, 0.4) is 0 Å². The lowest BCUT2D eigenvalue weighted by molar-refractivity contribution is 0.371. The number of aromatic nitrogens is 1. The Kier molecular flexibility index (Phi) is 7.60. The van der Waals surface area contributed by atoms with Gasteiger partial charge in [-0.05, 0) is 52.6 Å². The summed E-state index contributed by atoms with van der Waals surface area (Å²) in [6.07, 6.45) is 7.53. The van der Waals surface area contributed by atoms with E-state index in [1.807, 2.05) is 30.4 Å². The van der Waals surface area contributed by atoms with Gasteiger partial charge in [-0.25, -0.2) is 4.98 Å². The molecule has 0 fully saturated rings. The van der Waals surface area contributed by atoms with Crippen molar-refractivity contribution in [1.29, 1.82) is 0 Å². The Morgan fingerprint density at radius 2 is 2.20 bits per heavy atom. The monoisotopic (exact) mass is 336 g/mol. The van der Waals surface area contributed by atoms with Gasteiger partial charge in [0.2, 0.25) is 0 Å². The SMILES string of the molecule is C=C(/C=C/c1cccc(Br)n1)NC(CCC)C(C)CC. The van der Waals surface area contributed by atoms with Crippen LogP contribution in [0.4, 0.5) is 0 Å². The van der Waals surface area contributed by atoms with Crippen molar-refractivity contribution in [2.24, 2.45) is 5.92 Å². The highest BCUT2D eigenvalue weighted by molar-refractivity contribution is 9.10. The molecule has 0 aliphatic heterocycles. The number of nitrogens with one attached hydrogen (secondary N) is 1. The van der Waals surface area contributed by atoms with Gasteiger partial charge in [-0.2, -0.15) is 0 Å². The molecular formula is C17H25BrN2. The lowest BCUT2D eigenvalue weighted by atomic mass is 9.95. The Labute approximate surface area is 131 Å². The molecule has 2 atom stereocenters. The fraction of sp³-hybridized carbons (Fsp3) is 0.471. The molecule has 0 radical (unpaired) electrons. The summed E-state index contributed by atoms with van der Waals surface area (Å²) in [4.78, 5) is 4.37. The van der Waals surface area contributed by atoms with Gasteiger partial charge in [0.1, 0.15) is 4.60 Å². The molecule has 3 heteroatoms. The molecule has 0 aliphatic carbocycles. The van der Waals surface area contributed by atoms with Gasteiger partial charge in [0.05, 0.1) is 5.69 Å². The summed E-state index contributed by atoms with van der Waals surface area (Å²) in [6, 6.07) is 6.38. The van der Waals surface area contributed by atoms with Gasteiger partial charge in [0.15, 0.2) is 0 Å². The molecule has 0 saturated carbocycles. The smallest absolute Gasteiger partial charge is 0.106 e. The van der Waals surface area contributed by atoms with Crippen LogP contribution in [0.2, 0.25) is 0 Å². The van der Waals surface area contributed by atoms with Crippen LogP contribution in [0.5, 0.6) is 0 Å². The summed E-state index contributed by atoms with van der Waals surface area (Å²) in [5, 5.41) is 3.53. The van der Waals surface area contributed by atoms with E-state index in [2.05, 4.69) is 53.6 Å². The number of rotatable bonds is 8. The van der Waals surface area contributed by atoms with E-state index in [1.54, 1.807) is 0 Å². The number of nitrogens with zero attached hydrogens (tertiary/aromatic N) is 1. The van der Waals surface area contributed by atoms with Crippen molar-refractivity contribution in [3.63, 3.8) is 0 Å². The van der Waals surface area contributed by atoms with E-state index < -0.39 is 0 Å². The summed E-state index contributed by atoms with van der Waals surface area (Å²) >= 11 is 3.38. The predicted molar refractivity (Wildman–Crippen MR) is 91.4 cm³/mol. The lowest BCUT2D eigenvalue weighted by Gasteiger charge is -2.25. The summed E-state index contributed by atoms with van der Waals surface area (Å²) in [5.74, 6) is 0.657. The second kappa shape index (κ2) is 8.96. The molecule has 0 amide bonds. The van der Waals surface area contributed by atoms with Crippen molar-refractivity contribution in [3.05, 3.63) is 46.8 Å². The van der Waals surface area contributed by atoms with Crippen LogP contribution in [-0.2, 0) is 0 Å². The van der Waals surface area contributed by atoms with Gasteiger partial charge < -0.3 is 5.32 Å². The molecule has 1 rings (SSSR count). The summed E-state index contributed by atoms with van der Waals surface area (Å²) in [5.41, 5.74) is 1.88. The van der Waals surface area contributed by atoms with Crippen molar-refractivity contribution >= 4 is 22.0 Å². The number of allylic oxidation sites excluding steroid dienone is 1. The van der Waals surface area contributed by atoms with Gasteiger partial charge >= 0.3 is 0 Å². The van der Waals surface area contributed by atoms with E-state index >= 15 is 0 Å². The minimum atomic E-state index is 0.498. The first-order chi connectivity index (χ1) is 9.56. The molecule has 0 spiro atoms. The van der Waals surface area contributed by atoms with E-state index in [0.29, 0.717) is 12.0 Å². The zero-order chi connectivity index (χ0) is 15.0. The van der Waals surface area contributed by atoms with Crippen LogP contribution in [0.1, 0.15) is 45.7 Å². The summed E-state index contributed by atoms with van der Waals surface area (Å²) < 4.78 is 0.849. The first-order valence-corrected chi connectivity index (χ1v) is 8.12. The molecule has 110 valence electrons. The van der Waals surface area contributed by atoms with Crippen molar-refractivity contribution in [3.8, 4) is 0 Å². The molecule has 2 nitrogen and oxygen atoms in total. The molecule has 1 heterocycles. The predicted octanol–water partition coefficient (Wildman–Crippen LogP) is 5.18. The second-order valence-corrected chi connectivity index (χ2v) is 5.98. The molecule has 1 aromatic rings. The molecule has 0 aliphatic rings. The molecule has 0 bridgehead atoms. The molecule has 1 aromatic heterocycles. The fourth-order valence-electron chi connectivity index (χ4n) is 2.08. The standard InChI is InChI=1S/C17H25BrN2/c1-5-8-16(13(3)6-2)19-14(4)11-12-15-9-7-10-17(18)20-15/h7,9-13,16,19H,4-6,8H2,1-3H3/b12-11+. The maximum Gasteiger partial charge on any atom is 0.106 e. The minimum Gasteiger partial charge on any atom is -0.383 e. The largest absolute Gasteiger partial charge is 0.383 e. The summed E-state index contributed by atoms with van der Waals surface area (Å²) in [6.45, 7) is 10.8. The van der Waals surface area contributed by atoms with E-state index in [9.17, 15) is 0 Å². The molecule has 0 saturated heterocycles. The van der Waals surface area contributed by atoms with E-state index in [1.165, 1.54) is 19.3 Å². The lowest BCUT2D eigenvalue weighted by Crippen LogP contribution is -2.33. The highest BCUT2D eigenvalue weighted by Gasteiger charge is 2.14. The fourth-order valence-corrected chi connectivity index (χ4v) is 2.44. The quantitative estimate of drug-likeness (QED) is 0.522. The number of hydrogen-bond donors (Lipinski definition) is 1. The Morgan fingerprint density at radius 1 is 1.45 bits per heavy atom. The van der Waals surface area contributed by atoms with Gasteiger partial charge in [-0.15, -0.1) is 0 Å². The first kappa shape index (κ1) is 17.0.